The second-order valence-corrected chi connectivity index (χ2v) is 5.89. The number of pyridine rings is 1. The highest BCUT2D eigenvalue weighted by Crippen LogP contribution is 2.30. The summed E-state index contributed by atoms with van der Waals surface area (Å²) < 4.78 is 5.39. The lowest BCUT2D eigenvalue weighted by Crippen LogP contribution is -2.17. The summed E-state index contributed by atoms with van der Waals surface area (Å²) in [5, 5.41) is 3.69. The van der Waals surface area contributed by atoms with E-state index in [1.165, 1.54) is 11.3 Å². The summed E-state index contributed by atoms with van der Waals surface area (Å²) in [6.45, 7) is 0.994. The largest absolute Gasteiger partial charge is 0.417 e. The first-order valence-corrected chi connectivity index (χ1v) is 7.87. The molecule has 24 heavy (non-hydrogen) atoms. The standard InChI is InChI=1S/C19H17N3O2/c1-22-9-8-14-11-16(6-7-18(14)22)24-19(23)21-15-10-13-4-2-3-5-17(13)20-12-15/h2-7,10-12H,8-9H2,1H3,(H,21,23). The lowest BCUT2D eigenvalue weighted by atomic mass is 10.1. The number of carbonyl (C=O) groups excluding carboxylic acids is 1. The van der Waals surface area contributed by atoms with Gasteiger partial charge in [0, 0.05) is 24.7 Å². The molecule has 1 amide bonds. The second kappa shape index (κ2) is 5.85. The molecule has 2 heterocycles. The van der Waals surface area contributed by atoms with Gasteiger partial charge < -0.3 is 9.64 Å². The number of carbonyl (C=O) groups is 1. The molecule has 0 unspecified atom stereocenters. The van der Waals surface area contributed by atoms with Gasteiger partial charge in [-0.1, -0.05) is 18.2 Å². The van der Waals surface area contributed by atoms with Gasteiger partial charge in [0.1, 0.15) is 5.75 Å². The number of hydrogen-bond acceptors (Lipinski definition) is 4. The molecule has 120 valence electrons. The first kappa shape index (κ1) is 14.5. The smallest absolute Gasteiger partial charge is 0.410 e. The Bertz CT molecular complexity index is 923. The van der Waals surface area contributed by atoms with Gasteiger partial charge in [0.25, 0.3) is 0 Å². The lowest BCUT2D eigenvalue weighted by molar-refractivity contribution is 0.215. The van der Waals surface area contributed by atoms with Crippen LogP contribution in [0.15, 0.2) is 54.7 Å². The summed E-state index contributed by atoms with van der Waals surface area (Å²) in [6.07, 6.45) is 2.08. The van der Waals surface area contributed by atoms with Gasteiger partial charge in [-0.3, -0.25) is 10.3 Å². The molecule has 5 nitrogen and oxygen atoms in total. The van der Waals surface area contributed by atoms with Crippen LogP contribution >= 0.6 is 0 Å². The zero-order valence-corrected chi connectivity index (χ0v) is 13.3. The van der Waals surface area contributed by atoms with Gasteiger partial charge in [-0.05, 0) is 42.3 Å². The molecule has 0 saturated heterocycles. The van der Waals surface area contributed by atoms with E-state index < -0.39 is 6.09 Å². The molecule has 2 aromatic carbocycles. The maximum absolute atomic E-state index is 12.1. The van der Waals surface area contributed by atoms with Crippen molar-refractivity contribution >= 4 is 28.4 Å². The van der Waals surface area contributed by atoms with Crippen molar-refractivity contribution in [2.75, 3.05) is 23.8 Å². The number of fused-ring (bicyclic) bond motifs is 2. The summed E-state index contributed by atoms with van der Waals surface area (Å²) in [5.41, 5.74) is 3.90. The highest BCUT2D eigenvalue weighted by molar-refractivity contribution is 5.90. The van der Waals surface area contributed by atoms with Gasteiger partial charge in [-0.2, -0.15) is 0 Å². The number of anilines is 2. The van der Waals surface area contributed by atoms with E-state index in [0.29, 0.717) is 11.4 Å². The van der Waals surface area contributed by atoms with Crippen LogP contribution in [0.3, 0.4) is 0 Å². The number of rotatable bonds is 2. The number of aromatic nitrogens is 1. The summed E-state index contributed by atoms with van der Waals surface area (Å²) in [4.78, 5) is 18.6. The number of benzene rings is 2. The number of nitrogens with zero attached hydrogens (tertiary/aromatic N) is 2. The third-order valence-electron chi connectivity index (χ3n) is 4.23. The van der Waals surface area contributed by atoms with E-state index in [1.54, 1.807) is 6.20 Å². The first-order chi connectivity index (χ1) is 11.7. The normalized spacial score (nSPS) is 13.0. The molecule has 0 spiro atoms. The Morgan fingerprint density at radius 3 is 3.00 bits per heavy atom. The number of amides is 1. The van der Waals surface area contributed by atoms with Crippen LogP contribution in [-0.4, -0.2) is 24.7 Å². The Balaban J connectivity index is 1.48. The van der Waals surface area contributed by atoms with Crippen molar-refractivity contribution in [1.29, 1.82) is 0 Å². The predicted molar refractivity (Wildman–Crippen MR) is 94.8 cm³/mol. The maximum Gasteiger partial charge on any atom is 0.417 e. The highest BCUT2D eigenvalue weighted by atomic mass is 16.6. The molecular weight excluding hydrogens is 302 g/mol. The van der Waals surface area contributed by atoms with Crippen LogP contribution in [0.1, 0.15) is 5.56 Å². The Labute approximate surface area is 139 Å². The molecule has 4 rings (SSSR count). The minimum Gasteiger partial charge on any atom is -0.410 e. The van der Waals surface area contributed by atoms with Gasteiger partial charge >= 0.3 is 6.09 Å². The van der Waals surface area contributed by atoms with Crippen molar-refractivity contribution in [3.8, 4) is 5.75 Å². The Morgan fingerprint density at radius 1 is 1.21 bits per heavy atom. The summed E-state index contributed by atoms with van der Waals surface area (Å²) in [6, 6.07) is 15.4. The van der Waals surface area contributed by atoms with Gasteiger partial charge in [0.2, 0.25) is 0 Å². The van der Waals surface area contributed by atoms with Crippen LogP contribution in [0.4, 0.5) is 16.2 Å². The van der Waals surface area contributed by atoms with Gasteiger partial charge in [-0.25, -0.2) is 4.79 Å². The Morgan fingerprint density at radius 2 is 2.08 bits per heavy atom. The van der Waals surface area contributed by atoms with Crippen molar-refractivity contribution < 1.29 is 9.53 Å². The molecule has 1 aliphatic heterocycles. The zero-order chi connectivity index (χ0) is 16.5. The van der Waals surface area contributed by atoms with Crippen molar-refractivity contribution in [1.82, 2.24) is 4.98 Å². The van der Waals surface area contributed by atoms with Gasteiger partial charge in [0.15, 0.2) is 0 Å². The number of hydrogen-bond donors (Lipinski definition) is 1. The van der Waals surface area contributed by atoms with E-state index in [4.69, 9.17) is 4.74 Å². The molecular formula is C19H17N3O2. The van der Waals surface area contributed by atoms with E-state index in [9.17, 15) is 4.79 Å². The second-order valence-electron chi connectivity index (χ2n) is 5.89. The summed E-state index contributed by atoms with van der Waals surface area (Å²) in [5.74, 6) is 0.551. The summed E-state index contributed by atoms with van der Waals surface area (Å²) in [7, 11) is 2.06. The number of para-hydroxylation sites is 1. The first-order valence-electron chi connectivity index (χ1n) is 7.87. The van der Waals surface area contributed by atoms with Crippen LogP contribution < -0.4 is 15.0 Å². The minimum atomic E-state index is -0.515. The average Bonchev–Trinajstić information content (AvgIpc) is 2.95. The third kappa shape index (κ3) is 2.76. The van der Waals surface area contributed by atoms with Crippen LogP contribution in [0.5, 0.6) is 5.75 Å². The molecule has 0 radical (unpaired) electrons. The van der Waals surface area contributed by atoms with E-state index in [0.717, 1.165) is 23.9 Å². The third-order valence-corrected chi connectivity index (χ3v) is 4.23. The fraction of sp³-hybridized carbons (Fsp3) is 0.158. The number of ether oxygens (including phenoxy) is 1. The van der Waals surface area contributed by atoms with Gasteiger partial charge in [-0.15, -0.1) is 0 Å². The number of likely N-dealkylation sites (N-methyl/N-ethyl adjacent to an activating group) is 1. The maximum atomic E-state index is 12.1. The monoisotopic (exact) mass is 319 g/mol. The van der Waals surface area contributed by atoms with Gasteiger partial charge in [0.05, 0.1) is 17.4 Å². The molecule has 3 aromatic rings. The Kier molecular flexibility index (Phi) is 3.54. The van der Waals surface area contributed by atoms with Crippen LogP contribution in [0, 0.1) is 0 Å². The fourth-order valence-corrected chi connectivity index (χ4v) is 3.00. The lowest BCUT2D eigenvalue weighted by Gasteiger charge is -2.12. The molecule has 0 fully saturated rings. The van der Waals surface area contributed by atoms with E-state index in [1.807, 2.05) is 48.5 Å². The molecule has 0 aliphatic carbocycles. The van der Waals surface area contributed by atoms with E-state index >= 15 is 0 Å². The fourth-order valence-electron chi connectivity index (χ4n) is 3.00. The molecule has 0 saturated carbocycles. The zero-order valence-electron chi connectivity index (χ0n) is 13.3. The molecule has 1 aromatic heterocycles. The molecule has 0 bridgehead atoms. The van der Waals surface area contributed by atoms with Crippen LogP contribution in [-0.2, 0) is 6.42 Å². The minimum absolute atomic E-state index is 0.515. The van der Waals surface area contributed by atoms with Crippen molar-refractivity contribution in [2.24, 2.45) is 0 Å². The van der Waals surface area contributed by atoms with Crippen molar-refractivity contribution in [3.05, 3.63) is 60.3 Å². The molecule has 5 heteroatoms. The summed E-state index contributed by atoms with van der Waals surface area (Å²) >= 11 is 0. The topological polar surface area (TPSA) is 54.5 Å². The van der Waals surface area contributed by atoms with Crippen LogP contribution in [0.25, 0.3) is 10.9 Å². The molecule has 1 N–H and O–H groups in total. The average molecular weight is 319 g/mol. The highest BCUT2D eigenvalue weighted by Gasteiger charge is 2.17. The van der Waals surface area contributed by atoms with E-state index in [2.05, 4.69) is 22.2 Å². The number of nitrogens with one attached hydrogen (secondary N) is 1. The Hall–Kier alpha value is -3.08. The SMILES string of the molecule is CN1CCc2cc(OC(=O)Nc3cnc4ccccc4c3)ccc21. The predicted octanol–water partition coefficient (Wildman–Crippen LogP) is 3.84. The van der Waals surface area contributed by atoms with Crippen LogP contribution in [0.2, 0.25) is 0 Å². The van der Waals surface area contributed by atoms with Crippen molar-refractivity contribution in [3.63, 3.8) is 0 Å². The molecule has 0 atom stereocenters. The van der Waals surface area contributed by atoms with Crippen molar-refractivity contribution in [2.45, 2.75) is 6.42 Å². The quantitative estimate of drug-likeness (QED) is 0.780. The molecule has 1 aliphatic rings. The van der Waals surface area contributed by atoms with E-state index in [-0.39, 0.29) is 0 Å².